The molecule has 2 amide bonds. The molecule has 0 aromatic rings. The summed E-state index contributed by atoms with van der Waals surface area (Å²) >= 11 is 0. The van der Waals surface area contributed by atoms with Crippen LogP contribution < -0.4 is 5.32 Å². The van der Waals surface area contributed by atoms with E-state index >= 15 is 0 Å². The summed E-state index contributed by atoms with van der Waals surface area (Å²) in [7, 11) is 0. The first-order valence-electron chi connectivity index (χ1n) is 7.56. The Labute approximate surface area is 114 Å². The highest BCUT2D eigenvalue weighted by molar-refractivity contribution is 5.99. The largest absolute Gasteiger partial charge is 0.378 e. The molecule has 3 atom stereocenters. The van der Waals surface area contributed by atoms with Gasteiger partial charge in [-0.2, -0.15) is 0 Å². The van der Waals surface area contributed by atoms with Crippen LogP contribution in [-0.4, -0.2) is 24.5 Å². The normalized spacial score (nSPS) is 40.7. The molecule has 0 aromatic heterocycles. The Morgan fingerprint density at radius 3 is 2.68 bits per heavy atom. The number of ether oxygens (including phenoxy) is 1. The fourth-order valence-electron chi connectivity index (χ4n) is 4.61. The molecule has 0 aromatic carbocycles. The molecule has 2 saturated heterocycles. The quantitative estimate of drug-likeness (QED) is 0.738. The zero-order chi connectivity index (χ0) is 13.5. The summed E-state index contributed by atoms with van der Waals surface area (Å²) < 4.78 is 5.64. The minimum atomic E-state index is -0.133. The van der Waals surface area contributed by atoms with Gasteiger partial charge in [0.15, 0.2) is 0 Å². The van der Waals surface area contributed by atoms with Crippen molar-refractivity contribution in [1.82, 2.24) is 5.32 Å². The second kappa shape index (κ2) is 4.89. The van der Waals surface area contributed by atoms with E-state index in [0.29, 0.717) is 18.9 Å². The second-order valence-electron chi connectivity index (χ2n) is 6.61. The predicted octanol–water partition coefficient (Wildman–Crippen LogP) is 2.02. The van der Waals surface area contributed by atoms with E-state index < -0.39 is 0 Å². The smallest absolute Gasteiger partial charge is 0.230 e. The highest BCUT2D eigenvalue weighted by Gasteiger charge is 2.53. The van der Waals surface area contributed by atoms with E-state index in [-0.39, 0.29) is 29.3 Å². The van der Waals surface area contributed by atoms with Crippen molar-refractivity contribution >= 4 is 11.8 Å². The minimum Gasteiger partial charge on any atom is -0.378 e. The van der Waals surface area contributed by atoms with E-state index in [9.17, 15) is 9.59 Å². The van der Waals surface area contributed by atoms with Gasteiger partial charge >= 0.3 is 0 Å². The Kier molecular flexibility index (Phi) is 3.37. The Morgan fingerprint density at radius 1 is 1.26 bits per heavy atom. The van der Waals surface area contributed by atoms with Gasteiger partial charge in [-0.25, -0.2) is 0 Å². The summed E-state index contributed by atoms with van der Waals surface area (Å²) in [6.07, 6.45) is 7.12. The van der Waals surface area contributed by atoms with Gasteiger partial charge < -0.3 is 4.74 Å². The van der Waals surface area contributed by atoms with E-state index in [2.05, 4.69) is 12.2 Å². The number of imide groups is 1. The third-order valence-electron chi connectivity index (χ3n) is 5.28. The van der Waals surface area contributed by atoms with Crippen LogP contribution in [0.1, 0.15) is 51.9 Å². The molecule has 1 saturated carbocycles. The molecule has 19 heavy (non-hydrogen) atoms. The SMILES string of the molecule is CC1CC2(CCO1)CC(=O)NC(=O)C2C1CCCC1. The van der Waals surface area contributed by atoms with E-state index in [1.165, 1.54) is 12.8 Å². The van der Waals surface area contributed by atoms with Crippen LogP contribution in [0.25, 0.3) is 0 Å². The lowest BCUT2D eigenvalue weighted by Gasteiger charge is -2.48. The highest BCUT2D eigenvalue weighted by atomic mass is 16.5. The van der Waals surface area contributed by atoms with Crippen molar-refractivity contribution in [2.75, 3.05) is 6.61 Å². The first-order valence-corrected chi connectivity index (χ1v) is 7.56. The summed E-state index contributed by atoms with van der Waals surface area (Å²) in [4.78, 5) is 24.2. The van der Waals surface area contributed by atoms with Crippen molar-refractivity contribution in [1.29, 1.82) is 0 Å². The number of rotatable bonds is 1. The molecule has 3 fully saturated rings. The van der Waals surface area contributed by atoms with Crippen LogP contribution in [0.2, 0.25) is 0 Å². The van der Waals surface area contributed by atoms with Crippen molar-refractivity contribution in [3.05, 3.63) is 0 Å². The Bertz CT molecular complexity index is 389. The topological polar surface area (TPSA) is 55.4 Å². The fourth-order valence-corrected chi connectivity index (χ4v) is 4.61. The number of hydrogen-bond donors (Lipinski definition) is 1. The molecule has 0 bridgehead atoms. The van der Waals surface area contributed by atoms with E-state index in [1.807, 2.05) is 0 Å². The van der Waals surface area contributed by atoms with E-state index in [1.54, 1.807) is 0 Å². The predicted molar refractivity (Wildman–Crippen MR) is 70.3 cm³/mol. The summed E-state index contributed by atoms with van der Waals surface area (Å²) in [5.41, 5.74) is -0.133. The molecule has 2 aliphatic heterocycles. The molecule has 106 valence electrons. The zero-order valence-corrected chi connectivity index (χ0v) is 11.6. The van der Waals surface area contributed by atoms with Gasteiger partial charge in [0.25, 0.3) is 0 Å². The van der Waals surface area contributed by atoms with Crippen LogP contribution in [-0.2, 0) is 14.3 Å². The van der Waals surface area contributed by atoms with Crippen molar-refractivity contribution < 1.29 is 14.3 Å². The molecular formula is C15H23NO3. The fraction of sp³-hybridized carbons (Fsp3) is 0.867. The molecule has 4 heteroatoms. The average Bonchev–Trinajstić information content (AvgIpc) is 2.80. The summed E-state index contributed by atoms with van der Waals surface area (Å²) in [6, 6.07) is 0. The van der Waals surface area contributed by atoms with Crippen LogP contribution in [0.4, 0.5) is 0 Å². The Balaban J connectivity index is 1.91. The lowest BCUT2D eigenvalue weighted by Crippen LogP contribution is -2.56. The lowest BCUT2D eigenvalue weighted by molar-refractivity contribution is -0.155. The monoisotopic (exact) mass is 265 g/mol. The minimum absolute atomic E-state index is 0.0164. The molecule has 3 rings (SSSR count). The van der Waals surface area contributed by atoms with Gasteiger partial charge in [-0.15, -0.1) is 0 Å². The van der Waals surface area contributed by atoms with Crippen LogP contribution in [0, 0.1) is 17.3 Å². The Morgan fingerprint density at radius 2 is 2.00 bits per heavy atom. The number of carbonyl (C=O) groups excluding carboxylic acids is 2. The molecule has 3 unspecified atom stereocenters. The third-order valence-corrected chi connectivity index (χ3v) is 5.28. The van der Waals surface area contributed by atoms with Crippen molar-refractivity contribution in [3.8, 4) is 0 Å². The zero-order valence-electron chi connectivity index (χ0n) is 11.6. The van der Waals surface area contributed by atoms with E-state index in [4.69, 9.17) is 4.74 Å². The molecule has 1 N–H and O–H groups in total. The molecule has 1 aliphatic carbocycles. The van der Waals surface area contributed by atoms with Gasteiger partial charge in [-0.3, -0.25) is 14.9 Å². The lowest BCUT2D eigenvalue weighted by atomic mass is 9.60. The van der Waals surface area contributed by atoms with E-state index in [0.717, 1.165) is 25.7 Å². The standard InChI is InChI=1S/C15H23NO3/c1-10-8-15(6-7-19-10)9-12(17)16-14(18)13(15)11-4-2-3-5-11/h10-11,13H,2-9H2,1H3,(H,16,17,18). The second-order valence-corrected chi connectivity index (χ2v) is 6.61. The molecule has 4 nitrogen and oxygen atoms in total. The van der Waals surface area contributed by atoms with Crippen LogP contribution in [0.15, 0.2) is 0 Å². The Hall–Kier alpha value is -0.900. The maximum atomic E-state index is 12.4. The number of carbonyl (C=O) groups is 2. The van der Waals surface area contributed by atoms with Gasteiger partial charge in [0.1, 0.15) is 0 Å². The van der Waals surface area contributed by atoms with Crippen LogP contribution >= 0.6 is 0 Å². The van der Waals surface area contributed by atoms with Gasteiger partial charge in [0.2, 0.25) is 11.8 Å². The summed E-state index contributed by atoms with van der Waals surface area (Å²) in [5.74, 6) is 0.392. The van der Waals surface area contributed by atoms with Crippen LogP contribution in [0.5, 0.6) is 0 Å². The average molecular weight is 265 g/mol. The van der Waals surface area contributed by atoms with Gasteiger partial charge in [-0.1, -0.05) is 12.8 Å². The van der Waals surface area contributed by atoms with Crippen molar-refractivity contribution in [2.24, 2.45) is 17.3 Å². The number of hydrogen-bond acceptors (Lipinski definition) is 3. The maximum absolute atomic E-state index is 12.4. The molecule has 3 aliphatic rings. The van der Waals surface area contributed by atoms with Crippen molar-refractivity contribution in [2.45, 2.75) is 58.0 Å². The molecule has 2 heterocycles. The molecular weight excluding hydrogens is 242 g/mol. The molecule has 0 radical (unpaired) electrons. The maximum Gasteiger partial charge on any atom is 0.230 e. The molecule has 1 spiro atoms. The highest BCUT2D eigenvalue weighted by Crippen LogP contribution is 2.51. The van der Waals surface area contributed by atoms with Gasteiger partial charge in [-0.05, 0) is 43.9 Å². The summed E-state index contributed by atoms with van der Waals surface area (Å²) in [5, 5.41) is 2.57. The first-order chi connectivity index (χ1) is 9.11. The third kappa shape index (κ3) is 2.31. The van der Waals surface area contributed by atoms with Gasteiger partial charge in [0.05, 0.1) is 6.10 Å². The van der Waals surface area contributed by atoms with Gasteiger partial charge in [0, 0.05) is 18.9 Å². The number of piperidine rings is 1. The van der Waals surface area contributed by atoms with Crippen LogP contribution in [0.3, 0.4) is 0 Å². The number of amides is 2. The van der Waals surface area contributed by atoms with Crippen molar-refractivity contribution in [3.63, 3.8) is 0 Å². The summed E-state index contributed by atoms with van der Waals surface area (Å²) in [6.45, 7) is 2.74. The first kappa shape index (κ1) is 13.1. The number of nitrogens with one attached hydrogen (secondary N) is 1.